The number of hydrogen-bond acceptors (Lipinski definition) is 17. The van der Waals surface area contributed by atoms with E-state index in [0.29, 0.717) is 6.42 Å². The minimum absolute atomic E-state index is 0.00273. The van der Waals surface area contributed by atoms with Crippen molar-refractivity contribution in [1.29, 1.82) is 0 Å². The highest BCUT2D eigenvalue weighted by Crippen LogP contribution is 2.57. The third-order valence-corrected chi connectivity index (χ3v) is 11.6. The zero-order valence-electron chi connectivity index (χ0n) is 30.0. The summed E-state index contributed by atoms with van der Waals surface area (Å²) >= 11 is 8.64. The number of thiol groups is 1. The fourth-order valence-corrected chi connectivity index (χ4v) is 8.52. The van der Waals surface area contributed by atoms with E-state index in [4.69, 9.17) is 39.2 Å². The van der Waals surface area contributed by atoms with E-state index in [1.165, 1.54) is 28.2 Å². The molecule has 0 spiro atoms. The Morgan fingerprint density at radius 3 is 2.46 bits per heavy atom. The summed E-state index contributed by atoms with van der Waals surface area (Å²) in [5.74, 6) is -0.613. The Morgan fingerprint density at radius 1 is 1.02 bits per heavy atom. The molecule has 56 heavy (non-hydrogen) atoms. The average Bonchev–Trinajstić information content (AvgIpc) is 3.91. The zero-order chi connectivity index (χ0) is 40.2. The molecule has 4 aromatic heterocycles. The maximum absolute atomic E-state index is 16.3. The van der Waals surface area contributed by atoms with Crippen LogP contribution in [0.5, 0.6) is 0 Å². The van der Waals surface area contributed by atoms with Gasteiger partial charge in [0.1, 0.15) is 42.5 Å². The molecular formula is C30H43FN10O11P2S2. The van der Waals surface area contributed by atoms with E-state index in [1.54, 1.807) is 0 Å². The van der Waals surface area contributed by atoms with Crippen LogP contribution in [0.15, 0.2) is 23.8 Å². The molecule has 26 heteroatoms. The number of hydrogen-bond donors (Lipinski definition) is 6. The summed E-state index contributed by atoms with van der Waals surface area (Å²) < 4.78 is 66.7. The lowest BCUT2D eigenvalue weighted by Crippen LogP contribution is -2.34. The number of aromatic amines is 1. The topological polar surface area (TPSA) is 289 Å². The molecule has 4 aromatic rings. The molecule has 7 N–H and O–H groups in total. The molecule has 21 nitrogen and oxygen atoms in total. The van der Waals surface area contributed by atoms with Crippen molar-refractivity contribution in [2.24, 2.45) is 0 Å². The molecule has 2 aliphatic rings. The van der Waals surface area contributed by atoms with Gasteiger partial charge in [0.25, 0.3) is 5.56 Å². The molecule has 8 atom stereocenters. The van der Waals surface area contributed by atoms with Crippen LogP contribution >= 0.6 is 25.8 Å². The molecule has 0 amide bonds. The van der Waals surface area contributed by atoms with Crippen molar-refractivity contribution < 1.29 is 51.3 Å². The largest absolute Gasteiger partial charge is 0.459 e. The molecular weight excluding hydrogens is 821 g/mol. The number of nitrogens with zero attached hydrogens (tertiary/aromatic N) is 7. The second kappa shape index (κ2) is 18.2. The Hall–Kier alpha value is -3.15. The number of carbonyl (C=O) groups excluding carboxylic acids is 1. The number of esters is 1. The summed E-state index contributed by atoms with van der Waals surface area (Å²) in [4.78, 5) is 67.6. The van der Waals surface area contributed by atoms with Gasteiger partial charge in [-0.25, -0.2) is 28.9 Å². The summed E-state index contributed by atoms with van der Waals surface area (Å²) in [6.45, 7) is -7.84. The molecule has 2 saturated heterocycles. The minimum atomic E-state index is -4.53. The third kappa shape index (κ3) is 10.3. The molecule has 6 rings (SSSR count). The van der Waals surface area contributed by atoms with Gasteiger partial charge in [0, 0.05) is 12.8 Å². The van der Waals surface area contributed by atoms with Gasteiger partial charge < -0.3 is 40.0 Å². The van der Waals surface area contributed by atoms with Crippen LogP contribution in [0.1, 0.15) is 77.2 Å². The molecule has 0 bridgehead atoms. The summed E-state index contributed by atoms with van der Waals surface area (Å²) in [5, 5.41) is 0. The number of unbranched alkanes of at least 4 members (excludes halogenated alkanes) is 6. The van der Waals surface area contributed by atoms with Gasteiger partial charge in [-0.2, -0.15) is 4.98 Å². The number of rotatable bonds is 19. The molecule has 0 radical (unpaired) electrons. The average molecular weight is 865 g/mol. The van der Waals surface area contributed by atoms with E-state index in [1.807, 2.05) is 0 Å². The van der Waals surface area contributed by atoms with Crippen molar-refractivity contribution in [2.45, 2.75) is 108 Å². The number of alkyl halides is 1. The molecule has 6 heterocycles. The van der Waals surface area contributed by atoms with Gasteiger partial charge in [-0.15, -0.1) is 0 Å². The number of H-pyrrole nitrogens is 1. The quantitative estimate of drug-likeness (QED) is 0.0341. The standard InChI is InChI=1S/C30H43FN10O11P2S2/c1-2-3-4-5-6-7-8-9-20(42)50-16-10-19(40-14-37-23-27(40)38-30(33)39-28(23)43)49-17(16)11-48-54(46,56)52-24-18(12-47-53(44,45)55)51-29(21(24)31)41-15-36-22-25(32)34-13-35-26(22)41/h13-19,21,24,29H,2-12H2,1H3,(H,46,56)(H2,32,34,35)(H2,44,45,55)(H3,33,38,39,43)/t16-,17?,18+,19+,21+,24+,29+,54?/m0/s1. The number of imidazole rings is 2. The van der Waals surface area contributed by atoms with E-state index >= 15 is 4.39 Å². The highest BCUT2D eigenvalue weighted by molar-refractivity contribution is 8.44. The smallest absolute Gasteiger partial charge is 0.386 e. The summed E-state index contributed by atoms with van der Waals surface area (Å²) in [6, 6.07) is 0. The molecule has 2 unspecified atom stereocenters. The number of nitrogens with one attached hydrogen (secondary N) is 1. The predicted octanol–water partition coefficient (Wildman–Crippen LogP) is 3.36. The van der Waals surface area contributed by atoms with Crippen molar-refractivity contribution in [1.82, 2.24) is 39.0 Å². The molecule has 2 aliphatic heterocycles. The van der Waals surface area contributed by atoms with E-state index in [9.17, 15) is 23.9 Å². The van der Waals surface area contributed by atoms with Gasteiger partial charge in [0.05, 0.1) is 25.9 Å². The zero-order valence-corrected chi connectivity index (χ0v) is 33.5. The van der Waals surface area contributed by atoms with Crippen LogP contribution < -0.4 is 17.0 Å². The van der Waals surface area contributed by atoms with Crippen LogP contribution in [-0.4, -0.2) is 98.6 Å². The number of carbonyl (C=O) groups is 1. The predicted molar refractivity (Wildman–Crippen MR) is 204 cm³/mol. The van der Waals surface area contributed by atoms with E-state index in [0.717, 1.165) is 38.4 Å². The summed E-state index contributed by atoms with van der Waals surface area (Å²) in [6.07, 6.45) is 1.21. The number of halogens is 1. The Morgan fingerprint density at radius 2 is 1.71 bits per heavy atom. The fraction of sp³-hybridized carbons (Fsp3) is 0.633. The number of aromatic nitrogens is 8. The van der Waals surface area contributed by atoms with Gasteiger partial charge >= 0.3 is 19.5 Å². The second-order valence-electron chi connectivity index (χ2n) is 13.3. The van der Waals surface area contributed by atoms with E-state index < -0.39 is 81.3 Å². The lowest BCUT2D eigenvalue weighted by Gasteiger charge is -2.25. The van der Waals surface area contributed by atoms with Crippen LogP contribution in [0.25, 0.3) is 22.3 Å². The summed E-state index contributed by atoms with van der Waals surface area (Å²) in [5.41, 5.74) is 11.5. The number of nitrogen functional groups attached to an aromatic ring is 2. The van der Waals surface area contributed by atoms with Crippen LogP contribution in [0, 0.1) is 0 Å². The van der Waals surface area contributed by atoms with Gasteiger partial charge in [-0.1, -0.05) is 57.7 Å². The van der Waals surface area contributed by atoms with Crippen LogP contribution in [0.2, 0.25) is 0 Å². The fourth-order valence-electron chi connectivity index (χ4n) is 6.51. The first-order chi connectivity index (χ1) is 26.6. The van der Waals surface area contributed by atoms with Crippen LogP contribution in [0.4, 0.5) is 16.2 Å². The van der Waals surface area contributed by atoms with Crippen molar-refractivity contribution in [3.63, 3.8) is 0 Å². The van der Waals surface area contributed by atoms with Gasteiger partial charge in [0.15, 0.2) is 35.0 Å². The first-order valence-electron chi connectivity index (χ1n) is 17.8. The highest BCUT2D eigenvalue weighted by Gasteiger charge is 2.51. The Kier molecular flexibility index (Phi) is 13.8. The first kappa shape index (κ1) is 42.5. The Labute approximate surface area is 328 Å². The van der Waals surface area contributed by atoms with Crippen molar-refractivity contribution >= 4 is 77.6 Å². The highest BCUT2D eigenvalue weighted by atomic mass is 32.7. The van der Waals surface area contributed by atoms with E-state index in [2.05, 4.69) is 60.9 Å². The Bertz CT molecular complexity index is 2160. The molecule has 0 saturated carbocycles. The Balaban J connectivity index is 1.16. The maximum atomic E-state index is 16.3. The summed E-state index contributed by atoms with van der Waals surface area (Å²) in [7, 11) is 0. The van der Waals surface area contributed by atoms with Crippen LogP contribution in [-0.2, 0) is 48.9 Å². The van der Waals surface area contributed by atoms with Crippen LogP contribution in [0.3, 0.4) is 0 Å². The molecule has 308 valence electrons. The van der Waals surface area contributed by atoms with Crippen molar-refractivity contribution in [2.75, 3.05) is 24.7 Å². The number of nitrogens with two attached hydrogens (primary N) is 2. The molecule has 0 aliphatic carbocycles. The third-order valence-electron chi connectivity index (χ3n) is 9.20. The normalized spacial score (nSPS) is 25.3. The number of fused-ring (bicyclic) bond motifs is 2. The monoisotopic (exact) mass is 864 g/mol. The number of ether oxygens (including phenoxy) is 3. The minimum Gasteiger partial charge on any atom is -0.459 e. The second-order valence-corrected chi connectivity index (χ2v) is 18.8. The maximum Gasteiger partial charge on any atom is 0.386 e. The number of anilines is 2. The first-order valence-corrected chi connectivity index (χ1v) is 23.1. The molecule has 2 fully saturated rings. The van der Waals surface area contributed by atoms with Crippen molar-refractivity contribution in [3.05, 3.63) is 29.3 Å². The lowest BCUT2D eigenvalue weighted by atomic mass is 10.1. The van der Waals surface area contributed by atoms with Gasteiger partial charge in [-0.05, 0) is 18.2 Å². The molecule has 0 aromatic carbocycles. The lowest BCUT2D eigenvalue weighted by molar-refractivity contribution is -0.153. The van der Waals surface area contributed by atoms with Gasteiger partial charge in [-0.3, -0.25) is 32.8 Å². The van der Waals surface area contributed by atoms with Gasteiger partial charge in [0.2, 0.25) is 5.95 Å². The van der Waals surface area contributed by atoms with E-state index in [-0.39, 0.29) is 46.9 Å². The van der Waals surface area contributed by atoms with Crippen molar-refractivity contribution in [3.8, 4) is 0 Å². The SMILES string of the molecule is CCCCCCCCCC(=O)O[C@H]1C[C@H](n2cnc3c(=O)[nH]c(N)nc32)OC1COP(=O)(S)O[C@H]1[C@@H](F)[C@H](n2cnc3c(N)ncnc32)O[C@@H]1COP(O)(O)=S.